The van der Waals surface area contributed by atoms with Crippen LogP contribution in [0.15, 0.2) is 56.2 Å². The molecule has 1 amide bonds. The maximum Gasteiger partial charge on any atom is 0.283 e. The minimum absolute atomic E-state index is 0.0433. The molecule has 142 valence electrons. The van der Waals surface area contributed by atoms with Crippen LogP contribution in [0.25, 0.3) is 0 Å². The molecule has 1 N–H and O–H groups in total. The summed E-state index contributed by atoms with van der Waals surface area (Å²) < 4.78 is 42.6. The molecule has 1 heterocycles. The fraction of sp³-hybridized carbons (Fsp3) is 0.222. The summed E-state index contributed by atoms with van der Waals surface area (Å²) in [5.74, 6) is -0.491. The van der Waals surface area contributed by atoms with E-state index in [-0.39, 0.29) is 10.5 Å². The van der Waals surface area contributed by atoms with Gasteiger partial charge >= 0.3 is 0 Å². The molecule has 1 aliphatic heterocycles. The number of halogens is 2. The molecular weight excluding hydrogens is 437 g/mol. The first-order chi connectivity index (χ1) is 12.7. The zero-order valence-corrected chi connectivity index (χ0v) is 16.8. The van der Waals surface area contributed by atoms with E-state index in [1.165, 1.54) is 36.4 Å². The number of sulfonamides is 1. The van der Waals surface area contributed by atoms with Crippen LogP contribution in [0, 0.1) is 5.82 Å². The zero-order chi connectivity index (χ0) is 19.6. The van der Waals surface area contributed by atoms with Crippen LogP contribution in [0.3, 0.4) is 0 Å². The number of hydrogen-bond acceptors (Lipinski definition) is 3. The van der Waals surface area contributed by atoms with Gasteiger partial charge in [0.05, 0.1) is 4.90 Å². The molecule has 0 unspecified atom stereocenters. The van der Waals surface area contributed by atoms with Gasteiger partial charge in [0.2, 0.25) is 0 Å². The highest BCUT2D eigenvalue weighted by Crippen LogP contribution is 2.20. The summed E-state index contributed by atoms with van der Waals surface area (Å²) in [5.41, 5.74) is 0.541. The van der Waals surface area contributed by atoms with E-state index in [2.05, 4.69) is 25.6 Å². The van der Waals surface area contributed by atoms with Crippen LogP contribution >= 0.6 is 15.9 Å². The summed E-state index contributed by atoms with van der Waals surface area (Å²) in [7, 11) is -2.00. The molecule has 1 saturated heterocycles. The van der Waals surface area contributed by atoms with Gasteiger partial charge < -0.3 is 10.2 Å². The maximum atomic E-state index is 13.4. The van der Waals surface area contributed by atoms with Gasteiger partial charge in [-0.25, -0.2) is 4.39 Å². The van der Waals surface area contributed by atoms with Crippen molar-refractivity contribution in [2.75, 3.05) is 18.9 Å². The van der Waals surface area contributed by atoms with Gasteiger partial charge in [0, 0.05) is 35.7 Å². The molecule has 2 aromatic carbocycles. The van der Waals surface area contributed by atoms with Crippen molar-refractivity contribution in [1.29, 1.82) is 0 Å². The van der Waals surface area contributed by atoms with Gasteiger partial charge in [0.25, 0.3) is 15.9 Å². The number of rotatable bonds is 4. The lowest BCUT2D eigenvalue weighted by molar-refractivity contribution is 0.102. The van der Waals surface area contributed by atoms with E-state index >= 15 is 0 Å². The number of hydrogen-bond donors (Lipinski definition) is 1. The molecule has 0 aliphatic carbocycles. The minimum Gasteiger partial charge on any atom is -0.362 e. The largest absolute Gasteiger partial charge is 0.362 e. The number of benzene rings is 2. The molecule has 0 bridgehead atoms. The molecule has 3 rings (SSSR count). The van der Waals surface area contributed by atoms with Crippen molar-refractivity contribution < 1.29 is 17.6 Å². The Kier molecular flexibility index (Phi) is 5.61. The number of amides is 1. The van der Waals surface area contributed by atoms with Gasteiger partial charge in [0.1, 0.15) is 11.7 Å². The Labute approximate surface area is 165 Å². The van der Waals surface area contributed by atoms with Gasteiger partial charge in [-0.3, -0.25) is 4.79 Å². The van der Waals surface area contributed by atoms with Crippen LogP contribution < -0.4 is 5.32 Å². The standard InChI is InChI=1S/C18H17BrFN3O3S/c1-23-8-2-3-17(23)22-27(25,26)16-6-4-15(5-7-16)21-18(24)12-9-13(19)11-14(20)10-12/h4-7,9-11H,2-3,8H2,1H3,(H,21,24)/b22-17-. The molecule has 0 atom stereocenters. The van der Waals surface area contributed by atoms with Gasteiger partial charge in [-0.1, -0.05) is 15.9 Å². The summed E-state index contributed by atoms with van der Waals surface area (Å²) in [6, 6.07) is 9.56. The van der Waals surface area contributed by atoms with E-state index in [1.807, 2.05) is 11.9 Å². The Bertz CT molecular complexity index is 987. The minimum atomic E-state index is -3.81. The van der Waals surface area contributed by atoms with E-state index in [1.54, 1.807) is 0 Å². The molecule has 27 heavy (non-hydrogen) atoms. The molecule has 1 aliphatic rings. The number of likely N-dealkylation sites (tertiary alicyclic amines) is 1. The maximum absolute atomic E-state index is 13.4. The third-order valence-corrected chi connectivity index (χ3v) is 5.87. The van der Waals surface area contributed by atoms with Crippen LogP contribution in [0.1, 0.15) is 23.2 Å². The van der Waals surface area contributed by atoms with Crippen molar-refractivity contribution in [1.82, 2.24) is 4.90 Å². The summed E-state index contributed by atoms with van der Waals surface area (Å²) in [4.78, 5) is 14.1. The Morgan fingerprint density at radius 3 is 2.52 bits per heavy atom. The van der Waals surface area contributed by atoms with Crippen LogP contribution in [0.2, 0.25) is 0 Å². The van der Waals surface area contributed by atoms with Gasteiger partial charge in [0.15, 0.2) is 0 Å². The van der Waals surface area contributed by atoms with Crippen molar-refractivity contribution >= 4 is 43.4 Å². The molecule has 0 spiro atoms. The lowest BCUT2D eigenvalue weighted by atomic mass is 10.2. The van der Waals surface area contributed by atoms with Gasteiger partial charge in [-0.2, -0.15) is 8.42 Å². The highest BCUT2D eigenvalue weighted by molar-refractivity contribution is 9.10. The number of amidine groups is 1. The lowest BCUT2D eigenvalue weighted by Crippen LogP contribution is -2.20. The highest BCUT2D eigenvalue weighted by atomic mass is 79.9. The summed E-state index contributed by atoms with van der Waals surface area (Å²) in [6.45, 7) is 0.787. The normalized spacial score (nSPS) is 16.0. The molecule has 0 saturated carbocycles. The third kappa shape index (κ3) is 4.72. The van der Waals surface area contributed by atoms with Gasteiger partial charge in [-0.05, 0) is 48.9 Å². The fourth-order valence-corrected chi connectivity index (χ4v) is 4.26. The first kappa shape index (κ1) is 19.5. The van der Waals surface area contributed by atoms with E-state index in [9.17, 15) is 17.6 Å². The van der Waals surface area contributed by atoms with E-state index in [0.717, 1.165) is 19.0 Å². The fourth-order valence-electron chi connectivity index (χ4n) is 2.70. The average molecular weight is 454 g/mol. The topological polar surface area (TPSA) is 78.8 Å². The molecule has 9 heteroatoms. The predicted molar refractivity (Wildman–Crippen MR) is 105 cm³/mol. The highest BCUT2D eigenvalue weighted by Gasteiger charge is 2.20. The number of anilines is 1. The van der Waals surface area contributed by atoms with Crippen molar-refractivity contribution in [3.05, 3.63) is 58.3 Å². The molecule has 0 radical (unpaired) electrons. The first-order valence-corrected chi connectivity index (χ1v) is 10.4. The molecule has 1 fully saturated rings. The molecule has 2 aromatic rings. The molecule has 6 nitrogen and oxygen atoms in total. The van der Waals surface area contributed by atoms with E-state index < -0.39 is 21.7 Å². The zero-order valence-electron chi connectivity index (χ0n) is 14.4. The number of carbonyl (C=O) groups excluding carboxylic acids is 1. The molecular formula is C18H17BrFN3O3S. The first-order valence-electron chi connectivity index (χ1n) is 8.17. The van der Waals surface area contributed by atoms with Crippen LogP contribution in [-0.2, 0) is 10.0 Å². The van der Waals surface area contributed by atoms with Crippen molar-refractivity contribution in [3.63, 3.8) is 0 Å². The Morgan fingerprint density at radius 1 is 1.22 bits per heavy atom. The summed E-state index contributed by atoms with van der Waals surface area (Å²) in [6.07, 6.45) is 1.51. The van der Waals surface area contributed by atoms with Crippen molar-refractivity contribution in [2.24, 2.45) is 4.40 Å². The second-order valence-electron chi connectivity index (χ2n) is 6.14. The van der Waals surface area contributed by atoms with Crippen molar-refractivity contribution in [3.8, 4) is 0 Å². The molecule has 0 aromatic heterocycles. The Hall–Kier alpha value is -2.26. The van der Waals surface area contributed by atoms with Crippen LogP contribution in [0.5, 0.6) is 0 Å². The Balaban J connectivity index is 1.76. The smallest absolute Gasteiger partial charge is 0.283 e. The summed E-state index contributed by atoms with van der Waals surface area (Å²) >= 11 is 3.14. The quantitative estimate of drug-likeness (QED) is 0.765. The predicted octanol–water partition coefficient (Wildman–Crippen LogP) is 3.65. The van der Waals surface area contributed by atoms with E-state index in [0.29, 0.717) is 22.4 Å². The summed E-state index contributed by atoms with van der Waals surface area (Å²) in [5, 5.41) is 2.61. The van der Waals surface area contributed by atoms with Crippen LogP contribution in [0.4, 0.5) is 10.1 Å². The second kappa shape index (κ2) is 7.77. The third-order valence-electron chi connectivity index (χ3n) is 4.09. The Morgan fingerprint density at radius 2 is 1.93 bits per heavy atom. The number of carbonyl (C=O) groups is 1. The van der Waals surface area contributed by atoms with Crippen molar-refractivity contribution in [2.45, 2.75) is 17.7 Å². The van der Waals surface area contributed by atoms with E-state index in [4.69, 9.17) is 0 Å². The average Bonchev–Trinajstić information content (AvgIpc) is 2.98. The number of nitrogens with zero attached hydrogens (tertiary/aromatic N) is 2. The van der Waals surface area contributed by atoms with Gasteiger partial charge in [-0.15, -0.1) is 4.40 Å². The monoisotopic (exact) mass is 453 g/mol. The lowest BCUT2D eigenvalue weighted by Gasteiger charge is -2.11. The second-order valence-corrected chi connectivity index (χ2v) is 8.66. The van der Waals surface area contributed by atoms with Crippen LogP contribution in [-0.4, -0.2) is 38.7 Å². The number of nitrogens with one attached hydrogen (secondary N) is 1. The SMILES string of the molecule is CN1CCC/C1=N/S(=O)(=O)c1ccc(NC(=O)c2cc(F)cc(Br)c2)cc1.